The fourth-order valence-corrected chi connectivity index (χ4v) is 1.77. The minimum Gasteiger partial charge on any atom is -0.497 e. The number of aromatic nitrogens is 2. The first-order chi connectivity index (χ1) is 10.0. The van der Waals surface area contributed by atoms with Gasteiger partial charge < -0.3 is 14.2 Å². The molecule has 9 heteroatoms. The zero-order valence-electron chi connectivity index (χ0n) is 11.1. The number of methoxy groups -OCH3 is 2. The summed E-state index contributed by atoms with van der Waals surface area (Å²) in [5, 5.41) is 11.5. The topological polar surface area (TPSA) is 96.6 Å². The van der Waals surface area contributed by atoms with Crippen LogP contribution in [0.3, 0.4) is 0 Å². The van der Waals surface area contributed by atoms with Crippen LogP contribution in [0, 0.1) is 10.1 Å². The predicted octanol–water partition coefficient (Wildman–Crippen LogP) is 2.85. The van der Waals surface area contributed by atoms with Crippen molar-refractivity contribution < 1.29 is 19.1 Å². The van der Waals surface area contributed by atoms with E-state index in [4.69, 9.17) is 25.8 Å². The lowest BCUT2D eigenvalue weighted by atomic mass is 10.3. The summed E-state index contributed by atoms with van der Waals surface area (Å²) in [7, 11) is 2.73. The van der Waals surface area contributed by atoms with Gasteiger partial charge in [-0.15, -0.1) is 0 Å². The average Bonchev–Trinajstić information content (AvgIpc) is 2.45. The van der Waals surface area contributed by atoms with Crippen molar-refractivity contribution in [2.75, 3.05) is 14.2 Å². The van der Waals surface area contributed by atoms with Crippen molar-refractivity contribution >= 4 is 17.3 Å². The Morgan fingerprint density at radius 2 is 1.76 bits per heavy atom. The molecule has 2 aromatic rings. The van der Waals surface area contributed by atoms with Crippen LogP contribution >= 0.6 is 11.6 Å². The molecule has 0 aliphatic carbocycles. The lowest BCUT2D eigenvalue weighted by Gasteiger charge is -2.08. The van der Waals surface area contributed by atoms with Crippen LogP contribution in [-0.4, -0.2) is 29.1 Å². The van der Waals surface area contributed by atoms with Gasteiger partial charge in [0.25, 0.3) is 0 Å². The van der Waals surface area contributed by atoms with E-state index in [0.717, 1.165) is 6.33 Å². The molecule has 0 saturated heterocycles. The van der Waals surface area contributed by atoms with Crippen molar-refractivity contribution in [3.05, 3.63) is 39.7 Å². The lowest BCUT2D eigenvalue weighted by Crippen LogP contribution is -2.01. The minimum atomic E-state index is -0.685. The van der Waals surface area contributed by atoms with Gasteiger partial charge >= 0.3 is 17.4 Å². The van der Waals surface area contributed by atoms with Crippen LogP contribution in [0.5, 0.6) is 23.3 Å². The third-order valence-electron chi connectivity index (χ3n) is 2.43. The summed E-state index contributed by atoms with van der Waals surface area (Å²) >= 11 is 5.90. The van der Waals surface area contributed by atoms with Crippen LogP contribution < -0.4 is 14.2 Å². The van der Waals surface area contributed by atoms with Crippen LogP contribution in [0.1, 0.15) is 0 Å². The summed E-state index contributed by atoms with van der Waals surface area (Å²) in [5.41, 5.74) is -0.473. The van der Waals surface area contributed by atoms with E-state index in [1.54, 1.807) is 6.07 Å². The second-order valence-electron chi connectivity index (χ2n) is 3.72. The number of ether oxygens (including phenoxy) is 3. The highest BCUT2D eigenvalue weighted by atomic mass is 35.5. The molecule has 0 spiro atoms. The highest BCUT2D eigenvalue weighted by molar-refractivity contribution is 6.30. The molecule has 0 aliphatic heterocycles. The summed E-state index contributed by atoms with van der Waals surface area (Å²) in [6.45, 7) is 0. The van der Waals surface area contributed by atoms with Gasteiger partial charge in [0, 0.05) is 11.1 Å². The Morgan fingerprint density at radius 1 is 1.10 bits per heavy atom. The largest absolute Gasteiger partial charge is 0.497 e. The first-order valence-electron chi connectivity index (χ1n) is 5.61. The molecule has 0 fully saturated rings. The summed E-state index contributed by atoms with van der Waals surface area (Å²) < 4.78 is 15.3. The Balaban J connectivity index is 2.44. The van der Waals surface area contributed by atoms with Gasteiger partial charge in [-0.1, -0.05) is 11.6 Å². The van der Waals surface area contributed by atoms with Crippen molar-refractivity contribution in [3.8, 4) is 23.3 Å². The number of hydrogen-bond donors (Lipinski definition) is 0. The molecule has 1 heterocycles. The molecular formula is C12H10ClN3O5. The van der Waals surface area contributed by atoms with Crippen LogP contribution in [0.4, 0.5) is 5.69 Å². The van der Waals surface area contributed by atoms with Crippen LogP contribution in [0.2, 0.25) is 5.02 Å². The monoisotopic (exact) mass is 311 g/mol. The van der Waals surface area contributed by atoms with E-state index >= 15 is 0 Å². The zero-order valence-corrected chi connectivity index (χ0v) is 11.8. The average molecular weight is 312 g/mol. The quantitative estimate of drug-likeness (QED) is 0.618. The van der Waals surface area contributed by atoms with Gasteiger partial charge in [0.2, 0.25) is 0 Å². The molecule has 0 radical (unpaired) electrons. The van der Waals surface area contributed by atoms with Gasteiger partial charge in [0.15, 0.2) is 0 Å². The fraction of sp³-hybridized carbons (Fsp3) is 0.167. The second kappa shape index (κ2) is 6.23. The van der Waals surface area contributed by atoms with Crippen molar-refractivity contribution in [1.29, 1.82) is 0 Å². The van der Waals surface area contributed by atoms with Crippen molar-refractivity contribution in [2.24, 2.45) is 0 Å². The fourth-order valence-electron chi connectivity index (χ4n) is 1.55. The predicted molar refractivity (Wildman–Crippen MR) is 73.3 cm³/mol. The van der Waals surface area contributed by atoms with Crippen molar-refractivity contribution in [2.45, 2.75) is 0 Å². The van der Waals surface area contributed by atoms with Gasteiger partial charge in [-0.3, -0.25) is 10.1 Å². The molecule has 0 amide bonds. The highest BCUT2D eigenvalue weighted by Gasteiger charge is 2.26. The molecule has 0 N–H and O–H groups in total. The molecule has 8 nitrogen and oxygen atoms in total. The molecule has 110 valence electrons. The first-order valence-corrected chi connectivity index (χ1v) is 5.98. The molecule has 2 rings (SSSR count). The Labute approximate surface area is 124 Å². The standard InChI is InChI=1S/C12H10ClN3O5/c1-19-8-3-7(13)4-9(5-8)21-12-10(16(17)18)11(20-2)14-6-15-12/h3-6H,1-2H3. The number of rotatable bonds is 5. The molecule has 0 aliphatic rings. The van der Waals surface area contributed by atoms with Gasteiger partial charge in [0.1, 0.15) is 17.8 Å². The molecule has 0 bridgehead atoms. The minimum absolute atomic E-state index is 0.195. The number of nitro groups is 1. The van der Waals surface area contributed by atoms with Crippen LogP contribution in [0.25, 0.3) is 0 Å². The third kappa shape index (κ3) is 3.29. The maximum Gasteiger partial charge on any atom is 0.392 e. The zero-order chi connectivity index (χ0) is 15.4. The number of halogens is 1. The Bertz CT molecular complexity index is 680. The number of nitrogens with zero attached hydrogens (tertiary/aromatic N) is 3. The lowest BCUT2D eigenvalue weighted by molar-refractivity contribution is -0.387. The number of hydrogen-bond acceptors (Lipinski definition) is 7. The second-order valence-corrected chi connectivity index (χ2v) is 4.16. The normalized spacial score (nSPS) is 10.0. The summed E-state index contributed by atoms with van der Waals surface area (Å²) in [4.78, 5) is 17.8. The van der Waals surface area contributed by atoms with E-state index in [1.807, 2.05) is 0 Å². The van der Waals surface area contributed by atoms with E-state index in [-0.39, 0.29) is 17.5 Å². The third-order valence-corrected chi connectivity index (χ3v) is 2.64. The molecule has 21 heavy (non-hydrogen) atoms. The first kappa shape index (κ1) is 14.8. The maximum absolute atomic E-state index is 11.1. The maximum atomic E-state index is 11.1. The highest BCUT2D eigenvalue weighted by Crippen LogP contribution is 2.36. The van der Waals surface area contributed by atoms with Gasteiger partial charge in [0.05, 0.1) is 19.1 Å². The van der Waals surface area contributed by atoms with Gasteiger partial charge in [-0.2, -0.15) is 9.97 Å². The summed E-state index contributed by atoms with van der Waals surface area (Å²) in [6, 6.07) is 4.57. The molecular weight excluding hydrogens is 302 g/mol. The van der Waals surface area contributed by atoms with Crippen molar-refractivity contribution in [1.82, 2.24) is 9.97 Å². The Morgan fingerprint density at radius 3 is 2.38 bits per heavy atom. The molecule has 0 atom stereocenters. The molecule has 0 saturated carbocycles. The van der Waals surface area contributed by atoms with Crippen LogP contribution in [0.15, 0.2) is 24.5 Å². The van der Waals surface area contributed by atoms with E-state index in [2.05, 4.69) is 9.97 Å². The SMILES string of the molecule is COc1cc(Cl)cc(Oc2ncnc(OC)c2[N+](=O)[O-])c1. The summed E-state index contributed by atoms with van der Waals surface area (Å²) in [5.74, 6) is 0.236. The Hall–Kier alpha value is -2.61. The summed E-state index contributed by atoms with van der Waals surface area (Å²) in [6.07, 6.45) is 1.10. The molecule has 1 aromatic carbocycles. The van der Waals surface area contributed by atoms with E-state index in [1.165, 1.54) is 26.4 Å². The number of benzene rings is 1. The van der Waals surface area contributed by atoms with Crippen molar-refractivity contribution in [3.63, 3.8) is 0 Å². The van der Waals surface area contributed by atoms with E-state index in [9.17, 15) is 10.1 Å². The van der Waals surface area contributed by atoms with Gasteiger partial charge in [-0.05, 0) is 12.1 Å². The Kier molecular flexibility index (Phi) is 4.39. The van der Waals surface area contributed by atoms with Gasteiger partial charge in [-0.25, -0.2) is 0 Å². The van der Waals surface area contributed by atoms with E-state index < -0.39 is 10.6 Å². The molecule has 1 aromatic heterocycles. The van der Waals surface area contributed by atoms with E-state index in [0.29, 0.717) is 10.8 Å². The molecule has 0 unspecified atom stereocenters. The van der Waals surface area contributed by atoms with Crippen LogP contribution in [-0.2, 0) is 0 Å². The smallest absolute Gasteiger partial charge is 0.392 e.